The third-order valence-electron chi connectivity index (χ3n) is 2.96. The molecule has 0 aliphatic carbocycles. The first-order chi connectivity index (χ1) is 9.77. The summed E-state index contributed by atoms with van der Waals surface area (Å²) >= 11 is 6.02. The number of benzene rings is 2. The summed E-state index contributed by atoms with van der Waals surface area (Å²) in [6, 6.07) is 11.7. The van der Waals surface area contributed by atoms with E-state index in [1.165, 1.54) is 23.8 Å². The van der Waals surface area contributed by atoms with Crippen molar-refractivity contribution in [1.82, 2.24) is 0 Å². The molecule has 2 rings (SSSR count). The van der Waals surface area contributed by atoms with Gasteiger partial charge < -0.3 is 4.74 Å². The molecule has 3 nitrogen and oxygen atoms in total. The van der Waals surface area contributed by atoms with Crippen LogP contribution in [0, 0.1) is 0 Å². The molecule has 0 aliphatic rings. The van der Waals surface area contributed by atoms with E-state index in [-0.39, 0.29) is 9.92 Å². The highest BCUT2D eigenvalue weighted by molar-refractivity contribution is 8.13. The minimum atomic E-state index is -3.80. The Bertz CT molecular complexity index is 738. The van der Waals surface area contributed by atoms with Crippen LogP contribution in [0.15, 0.2) is 47.4 Å². The second-order valence-corrected chi connectivity index (χ2v) is 7.83. The normalized spacial score (nSPS) is 11.7. The summed E-state index contributed by atoms with van der Waals surface area (Å²) in [6.45, 7) is 4.22. The predicted molar refractivity (Wildman–Crippen MR) is 85.1 cm³/mol. The Kier molecular flexibility index (Phi) is 4.81. The van der Waals surface area contributed by atoms with E-state index < -0.39 is 9.05 Å². The van der Waals surface area contributed by atoms with Crippen LogP contribution < -0.4 is 4.74 Å². The molecule has 0 unspecified atom stereocenters. The van der Waals surface area contributed by atoms with Gasteiger partial charge in [0.25, 0.3) is 9.05 Å². The minimum absolute atomic E-state index is 0.0586. The Labute approximate surface area is 133 Å². The molecule has 2 aromatic carbocycles. The first-order valence-electron chi connectivity index (χ1n) is 6.29. The highest BCUT2D eigenvalue weighted by atomic mass is 35.7. The van der Waals surface area contributed by atoms with Gasteiger partial charge in [0.2, 0.25) is 0 Å². The fourth-order valence-corrected chi connectivity index (χ4v) is 2.82. The first kappa shape index (κ1) is 16.1. The largest absolute Gasteiger partial charge is 0.456 e. The number of hydrogen-bond donors (Lipinski definition) is 0. The van der Waals surface area contributed by atoms with Gasteiger partial charge >= 0.3 is 0 Å². The van der Waals surface area contributed by atoms with E-state index in [4.69, 9.17) is 27.0 Å². The molecule has 0 bridgehead atoms. The van der Waals surface area contributed by atoms with E-state index >= 15 is 0 Å². The number of halogens is 2. The van der Waals surface area contributed by atoms with E-state index in [9.17, 15) is 8.42 Å². The summed E-state index contributed by atoms with van der Waals surface area (Å²) in [5.74, 6) is 1.44. The zero-order valence-electron chi connectivity index (χ0n) is 11.5. The number of ether oxygens (including phenoxy) is 1. The lowest BCUT2D eigenvalue weighted by Crippen LogP contribution is -1.92. The van der Waals surface area contributed by atoms with Crippen LogP contribution in [0.3, 0.4) is 0 Å². The van der Waals surface area contributed by atoms with Crippen LogP contribution in [0.2, 0.25) is 5.02 Å². The van der Waals surface area contributed by atoms with Gasteiger partial charge in [-0.15, -0.1) is 0 Å². The maximum absolute atomic E-state index is 11.2. The van der Waals surface area contributed by atoms with Crippen LogP contribution in [0.4, 0.5) is 0 Å². The van der Waals surface area contributed by atoms with Crippen molar-refractivity contribution in [3.63, 3.8) is 0 Å². The van der Waals surface area contributed by atoms with Gasteiger partial charge in [-0.25, -0.2) is 8.42 Å². The van der Waals surface area contributed by atoms with Crippen molar-refractivity contribution in [3.05, 3.63) is 53.1 Å². The van der Waals surface area contributed by atoms with Crippen LogP contribution in [-0.4, -0.2) is 8.42 Å². The van der Waals surface area contributed by atoms with Crippen LogP contribution in [0.5, 0.6) is 11.5 Å². The topological polar surface area (TPSA) is 43.4 Å². The molecule has 0 saturated carbocycles. The van der Waals surface area contributed by atoms with E-state index in [1.807, 2.05) is 24.3 Å². The van der Waals surface area contributed by atoms with E-state index in [2.05, 4.69) is 13.8 Å². The highest BCUT2D eigenvalue weighted by Gasteiger charge is 2.13. The van der Waals surface area contributed by atoms with Gasteiger partial charge in [0, 0.05) is 10.7 Å². The Balaban J connectivity index is 2.24. The Morgan fingerprint density at radius 2 is 1.67 bits per heavy atom. The molecule has 0 spiro atoms. The second kappa shape index (κ2) is 6.26. The fraction of sp³-hybridized carbons (Fsp3) is 0.200. The van der Waals surface area contributed by atoms with E-state index in [0.29, 0.717) is 17.4 Å². The third kappa shape index (κ3) is 4.13. The molecule has 21 heavy (non-hydrogen) atoms. The van der Waals surface area contributed by atoms with E-state index in [1.54, 1.807) is 0 Å². The lowest BCUT2D eigenvalue weighted by atomic mass is 10.0. The zero-order chi connectivity index (χ0) is 15.6. The molecule has 112 valence electrons. The van der Waals surface area contributed by atoms with Gasteiger partial charge in [-0.1, -0.05) is 37.6 Å². The summed E-state index contributed by atoms with van der Waals surface area (Å²) in [6.07, 6.45) is 0. The maximum Gasteiger partial charge on any atom is 0.261 e. The van der Waals surface area contributed by atoms with Crippen molar-refractivity contribution in [3.8, 4) is 11.5 Å². The maximum atomic E-state index is 11.2. The van der Waals surface area contributed by atoms with Gasteiger partial charge in [0.05, 0.1) is 9.92 Å². The highest BCUT2D eigenvalue weighted by Crippen LogP contribution is 2.32. The molecule has 0 fully saturated rings. The minimum Gasteiger partial charge on any atom is -0.456 e. The van der Waals surface area contributed by atoms with Crippen LogP contribution >= 0.6 is 22.3 Å². The molecule has 0 heterocycles. The molecule has 0 aliphatic heterocycles. The summed E-state index contributed by atoms with van der Waals surface area (Å²) in [7, 11) is 1.46. The molecule has 0 aromatic heterocycles. The van der Waals surface area contributed by atoms with Gasteiger partial charge in [-0.05, 0) is 41.8 Å². The monoisotopic (exact) mass is 344 g/mol. The van der Waals surface area contributed by atoms with Crippen LogP contribution in [0.1, 0.15) is 25.3 Å². The van der Waals surface area contributed by atoms with Gasteiger partial charge in [0.1, 0.15) is 11.5 Å². The quantitative estimate of drug-likeness (QED) is 0.717. The lowest BCUT2D eigenvalue weighted by molar-refractivity contribution is 0.482. The summed E-state index contributed by atoms with van der Waals surface area (Å²) in [5.41, 5.74) is 1.21. The third-order valence-corrected chi connectivity index (χ3v) is 4.61. The zero-order valence-corrected chi connectivity index (χ0v) is 13.8. The Hall–Kier alpha value is -1.23. The van der Waals surface area contributed by atoms with Crippen LogP contribution in [-0.2, 0) is 9.05 Å². The van der Waals surface area contributed by atoms with Crippen molar-refractivity contribution < 1.29 is 13.2 Å². The van der Waals surface area contributed by atoms with Gasteiger partial charge in [-0.2, -0.15) is 0 Å². The predicted octanol–water partition coefficient (Wildman–Crippen LogP) is 5.18. The Morgan fingerprint density at radius 3 is 2.14 bits per heavy atom. The SMILES string of the molecule is CC(C)c1ccc(Oc2ccc(S(=O)(=O)Cl)cc2Cl)cc1. The molecule has 0 N–H and O–H groups in total. The summed E-state index contributed by atoms with van der Waals surface area (Å²) < 4.78 is 28.1. The van der Waals surface area contributed by atoms with Crippen molar-refractivity contribution in [2.75, 3.05) is 0 Å². The van der Waals surface area contributed by atoms with Crippen molar-refractivity contribution in [1.29, 1.82) is 0 Å². The molecule has 0 atom stereocenters. The van der Waals surface area contributed by atoms with E-state index in [0.717, 1.165) is 0 Å². The van der Waals surface area contributed by atoms with Crippen molar-refractivity contribution >= 4 is 31.3 Å². The standard InChI is InChI=1S/C15H14Cl2O3S/c1-10(2)11-3-5-12(6-4-11)20-15-8-7-13(9-14(15)16)21(17,18)19/h3-10H,1-2H3. The second-order valence-electron chi connectivity index (χ2n) is 4.86. The van der Waals surface area contributed by atoms with Crippen molar-refractivity contribution in [2.24, 2.45) is 0 Å². The van der Waals surface area contributed by atoms with Crippen molar-refractivity contribution in [2.45, 2.75) is 24.7 Å². The number of rotatable bonds is 4. The lowest BCUT2D eigenvalue weighted by Gasteiger charge is -2.10. The summed E-state index contributed by atoms with van der Waals surface area (Å²) in [5, 5.41) is 0.185. The first-order valence-corrected chi connectivity index (χ1v) is 8.98. The molecule has 0 saturated heterocycles. The average molecular weight is 345 g/mol. The fourth-order valence-electron chi connectivity index (χ4n) is 1.76. The van der Waals surface area contributed by atoms with Gasteiger partial charge in [0.15, 0.2) is 0 Å². The molecular weight excluding hydrogens is 331 g/mol. The van der Waals surface area contributed by atoms with Gasteiger partial charge in [-0.3, -0.25) is 0 Å². The van der Waals surface area contributed by atoms with Crippen LogP contribution in [0.25, 0.3) is 0 Å². The molecule has 6 heteroatoms. The smallest absolute Gasteiger partial charge is 0.261 e. The Morgan fingerprint density at radius 1 is 1.05 bits per heavy atom. The molecule has 0 radical (unpaired) electrons. The number of hydrogen-bond acceptors (Lipinski definition) is 3. The molecule has 2 aromatic rings. The summed E-state index contributed by atoms with van der Waals surface area (Å²) in [4.78, 5) is -0.0586. The molecular formula is C15H14Cl2O3S. The average Bonchev–Trinajstić information content (AvgIpc) is 2.40. The molecule has 0 amide bonds.